The smallest absolute Gasteiger partial charge is 0.303 e. The average Bonchev–Trinajstić information content (AvgIpc) is 1.77. The van der Waals surface area contributed by atoms with Gasteiger partial charge in [-0.3, -0.25) is 14.4 Å². The number of carbonyl (C=O) groups is 3. The third kappa shape index (κ3) is 12.6. The third-order valence-corrected chi connectivity index (χ3v) is 20.0. The zero-order valence-electron chi connectivity index (χ0n) is 53.0. The monoisotopic (exact) mass is 1150 g/mol. The number of rotatable bonds is 21. The van der Waals surface area contributed by atoms with Crippen molar-refractivity contribution in [2.24, 2.45) is 0 Å². The summed E-state index contributed by atoms with van der Waals surface area (Å²) in [5.74, 6) is -0.532. The number of fused-ring (bicyclic) bond motifs is 4. The molecule has 4 N–H and O–H groups in total. The number of carboxylic acids is 1. The maximum atomic E-state index is 13.7. The van der Waals surface area contributed by atoms with Crippen LogP contribution >= 0.6 is 0 Å². The van der Waals surface area contributed by atoms with Crippen molar-refractivity contribution >= 4 is 46.3 Å². The minimum absolute atomic E-state index is 0.0530. The van der Waals surface area contributed by atoms with E-state index in [2.05, 4.69) is 245 Å². The Balaban J connectivity index is 0.704. The van der Waals surface area contributed by atoms with Gasteiger partial charge in [0, 0.05) is 108 Å². The lowest BCUT2D eigenvalue weighted by Gasteiger charge is -2.29. The molecule has 86 heavy (non-hydrogen) atoms. The highest BCUT2D eigenvalue weighted by Crippen LogP contribution is 2.52. The third-order valence-electron chi connectivity index (χ3n) is 20.0. The molecule has 0 spiro atoms. The number of nitrogens with one attached hydrogen (secondary N) is 3. The van der Waals surface area contributed by atoms with Crippen LogP contribution in [0.5, 0.6) is 0 Å². The van der Waals surface area contributed by atoms with E-state index in [1.807, 2.05) is 6.07 Å². The predicted molar refractivity (Wildman–Crippen MR) is 352 cm³/mol. The van der Waals surface area contributed by atoms with E-state index < -0.39 is 5.97 Å². The number of hydrogen-bond donors (Lipinski definition) is 4. The van der Waals surface area contributed by atoms with Gasteiger partial charge in [0.25, 0.3) is 0 Å². The SMILES string of the molecule is CN1/C(=C/C=C2\CCCC(/C=C/C3=[N+](C)c4ccccc4C3(C)C)=C2NCCCCCC(=O)NC2CCC(NC(=O)CC[N+]3=C(/C=C/C=C/C=C4/C(CCC(=O)O)c5ccccc5C4(C)C)C(C)(C)c4ccccc43)CC2)C(C)(C)c2ccccc21. The normalized spacial score (nSPS) is 23.1. The molecule has 10 nitrogen and oxygen atoms in total. The number of para-hydroxylation sites is 3. The number of nitrogens with zero attached hydrogens (tertiary/aromatic N) is 3. The maximum absolute atomic E-state index is 13.7. The zero-order chi connectivity index (χ0) is 61.0. The number of allylic oxidation sites excluding steroid dienone is 13. The van der Waals surface area contributed by atoms with E-state index in [4.69, 9.17) is 0 Å². The van der Waals surface area contributed by atoms with E-state index in [0.29, 0.717) is 25.8 Å². The van der Waals surface area contributed by atoms with Gasteiger partial charge in [0.2, 0.25) is 23.2 Å². The van der Waals surface area contributed by atoms with Gasteiger partial charge in [-0.05, 0) is 132 Å². The molecule has 4 aromatic carbocycles. The van der Waals surface area contributed by atoms with Crippen LogP contribution in [0.15, 0.2) is 180 Å². The van der Waals surface area contributed by atoms with E-state index in [1.54, 1.807) is 0 Å². The topological polar surface area (TPSA) is 117 Å². The molecule has 0 radical (unpaired) electrons. The number of hydrogen-bond acceptors (Lipinski definition) is 5. The van der Waals surface area contributed by atoms with Crippen LogP contribution < -0.4 is 20.9 Å². The lowest BCUT2D eigenvalue weighted by atomic mass is 9.80. The largest absolute Gasteiger partial charge is 0.481 e. The van der Waals surface area contributed by atoms with Gasteiger partial charge >= 0.3 is 5.97 Å². The molecule has 0 bridgehead atoms. The number of carboxylic acid groups (broad SMARTS) is 1. The molecule has 450 valence electrons. The van der Waals surface area contributed by atoms with Crippen molar-refractivity contribution < 1.29 is 28.6 Å². The second-order valence-electron chi connectivity index (χ2n) is 27.0. The molecule has 0 aromatic heterocycles. The first-order valence-corrected chi connectivity index (χ1v) is 32.0. The van der Waals surface area contributed by atoms with E-state index >= 15 is 0 Å². The first-order chi connectivity index (χ1) is 41.2. The molecule has 2 amide bonds. The Morgan fingerprint density at radius 3 is 1.91 bits per heavy atom. The number of anilines is 1. The molecule has 3 aliphatic heterocycles. The zero-order valence-corrected chi connectivity index (χ0v) is 53.0. The van der Waals surface area contributed by atoms with Gasteiger partial charge in [0.05, 0.1) is 17.3 Å². The number of carbonyl (C=O) groups excluding carboxylic acids is 2. The van der Waals surface area contributed by atoms with Gasteiger partial charge in [0.15, 0.2) is 18.0 Å². The molecule has 3 aliphatic carbocycles. The molecule has 1 fully saturated rings. The van der Waals surface area contributed by atoms with Crippen LogP contribution in [0, 0.1) is 0 Å². The van der Waals surface area contributed by atoms with E-state index in [9.17, 15) is 19.5 Å². The van der Waals surface area contributed by atoms with Gasteiger partial charge < -0.3 is 26.0 Å². The Kier molecular flexibility index (Phi) is 18.4. The minimum atomic E-state index is -0.772. The first kappa shape index (κ1) is 61.5. The Morgan fingerprint density at radius 1 is 0.605 bits per heavy atom. The van der Waals surface area contributed by atoms with Gasteiger partial charge in [-0.1, -0.05) is 155 Å². The first-order valence-electron chi connectivity index (χ1n) is 32.0. The maximum Gasteiger partial charge on any atom is 0.303 e. The molecule has 1 unspecified atom stereocenters. The summed E-state index contributed by atoms with van der Waals surface area (Å²) in [5, 5.41) is 20.2. The molecule has 10 heteroatoms. The lowest BCUT2D eigenvalue weighted by molar-refractivity contribution is -0.436. The van der Waals surface area contributed by atoms with Crippen LogP contribution in [0.4, 0.5) is 17.1 Å². The molecule has 1 atom stereocenters. The van der Waals surface area contributed by atoms with Crippen molar-refractivity contribution in [1.29, 1.82) is 0 Å². The van der Waals surface area contributed by atoms with Crippen molar-refractivity contribution in [1.82, 2.24) is 16.0 Å². The van der Waals surface area contributed by atoms with Crippen molar-refractivity contribution in [3.63, 3.8) is 0 Å². The van der Waals surface area contributed by atoms with Crippen molar-refractivity contribution in [2.75, 3.05) is 32.1 Å². The van der Waals surface area contributed by atoms with Gasteiger partial charge in [-0.15, -0.1) is 0 Å². The summed E-state index contributed by atoms with van der Waals surface area (Å²) in [6.45, 7) is 19.7. The fourth-order valence-corrected chi connectivity index (χ4v) is 15.2. The highest BCUT2D eigenvalue weighted by atomic mass is 16.4. The Hall–Kier alpha value is -7.59. The van der Waals surface area contributed by atoms with Crippen molar-refractivity contribution in [3.05, 3.63) is 208 Å². The molecule has 0 saturated heterocycles. The Bertz CT molecular complexity index is 3550. The number of unbranched alkanes of at least 4 members (excludes halogenated alkanes) is 2. The van der Waals surface area contributed by atoms with Crippen LogP contribution in [0.1, 0.15) is 179 Å². The lowest BCUT2D eigenvalue weighted by Crippen LogP contribution is -2.44. The molecule has 4 aromatic rings. The van der Waals surface area contributed by atoms with Gasteiger partial charge in [-0.25, -0.2) is 0 Å². The number of amides is 2. The van der Waals surface area contributed by atoms with Crippen molar-refractivity contribution in [3.8, 4) is 0 Å². The van der Waals surface area contributed by atoms with Crippen LogP contribution in [0.25, 0.3) is 0 Å². The Labute approximate surface area is 513 Å². The number of benzene rings is 4. The summed E-state index contributed by atoms with van der Waals surface area (Å²) in [4.78, 5) is 41.0. The average molecular weight is 1160 g/mol. The summed E-state index contributed by atoms with van der Waals surface area (Å²) < 4.78 is 4.66. The predicted octanol–water partition coefficient (Wildman–Crippen LogP) is 15.1. The molecular formula is C76H94N6O4+2. The van der Waals surface area contributed by atoms with Crippen molar-refractivity contribution in [2.45, 2.75) is 185 Å². The summed E-state index contributed by atoms with van der Waals surface area (Å²) in [7, 11) is 4.38. The highest BCUT2D eigenvalue weighted by molar-refractivity contribution is 6.04. The summed E-state index contributed by atoms with van der Waals surface area (Å²) in [5.41, 5.74) is 18.4. The number of aliphatic carboxylic acids is 1. The summed E-state index contributed by atoms with van der Waals surface area (Å²) >= 11 is 0. The molecule has 1 saturated carbocycles. The van der Waals surface area contributed by atoms with Crippen LogP contribution in [-0.2, 0) is 36.0 Å². The quantitative estimate of drug-likeness (QED) is 0.0375. The van der Waals surface area contributed by atoms with Crippen LogP contribution in [0.3, 0.4) is 0 Å². The second-order valence-corrected chi connectivity index (χ2v) is 27.0. The van der Waals surface area contributed by atoms with E-state index in [0.717, 1.165) is 82.2 Å². The summed E-state index contributed by atoms with van der Waals surface area (Å²) in [6.07, 6.45) is 31.0. The molecular weight excluding hydrogens is 1060 g/mol. The molecule has 10 rings (SSSR count). The minimum Gasteiger partial charge on any atom is -0.481 e. The number of likely N-dealkylation sites (N-methyl/N-ethyl adjacent to an activating group) is 1. The van der Waals surface area contributed by atoms with Gasteiger partial charge in [0.1, 0.15) is 7.05 Å². The van der Waals surface area contributed by atoms with E-state index in [1.165, 1.54) is 73.0 Å². The second kappa shape index (κ2) is 25.8. The summed E-state index contributed by atoms with van der Waals surface area (Å²) in [6, 6.07) is 34.7. The van der Waals surface area contributed by atoms with Crippen LogP contribution in [-0.4, -0.2) is 82.7 Å². The highest BCUT2D eigenvalue weighted by Gasteiger charge is 2.46. The fraction of sp³-hybridized carbons (Fsp3) is 0.434. The van der Waals surface area contributed by atoms with Crippen LogP contribution in [0.2, 0.25) is 0 Å². The standard InChI is InChI=1S/C76H92N6O4/c1-73(2)58-30-17-16-28-56(58)57(45-48-71(85)86)59(73)29-13-11-14-37-68-76(7,8)62-33-20-23-36-65(62)82(68)51-49-70(84)79-55-43-41-54(42-44-55)78-69(83)38-15-12-24-50-77-72-52(39-46-66-74(3,4)60-31-18-21-34-63(60)80(66)9)26-25-27-53(72)40-47-67-75(5,6)61-32-19-22-35-64(61)81(67)10/h11,13-14,16-23,28-37,39-40,46-47,54-55,57H,12,15,24-27,38,41-45,48-51H2,1-10H3,(H2-,78,79,83,84,85,86)/p+2/b13-11+,37-14+,52-39+,59-29-,66-46+. The molecule has 3 heterocycles. The van der Waals surface area contributed by atoms with E-state index in [-0.39, 0.29) is 57.9 Å². The Morgan fingerprint density at radius 2 is 1.22 bits per heavy atom. The molecule has 6 aliphatic rings. The van der Waals surface area contributed by atoms with Gasteiger partial charge in [-0.2, -0.15) is 9.15 Å². The fourth-order valence-electron chi connectivity index (χ4n) is 15.2.